The molecule has 0 aliphatic carbocycles. The molecule has 0 atom stereocenters. The number of sulfonamides is 1. The van der Waals surface area contributed by atoms with Crippen molar-refractivity contribution >= 4 is 16.1 Å². The molecule has 0 aliphatic heterocycles. The molecule has 7 heteroatoms. The van der Waals surface area contributed by atoms with Gasteiger partial charge < -0.3 is 10.8 Å². The molecule has 6 nitrogen and oxygen atoms in total. The second kappa shape index (κ2) is 3.37. The molecule has 0 spiro atoms. The normalized spacial score (nSPS) is 10.9. The van der Waals surface area contributed by atoms with Gasteiger partial charge >= 0.3 is 6.09 Å². The monoisotopic (exact) mass is 168 g/mol. The van der Waals surface area contributed by atoms with Gasteiger partial charge in [-0.15, -0.1) is 0 Å². The van der Waals surface area contributed by atoms with Crippen molar-refractivity contribution in [3.63, 3.8) is 0 Å². The van der Waals surface area contributed by atoms with E-state index in [0.29, 0.717) is 0 Å². The Labute approximate surface area is 58.1 Å². The molecule has 0 aromatic carbocycles. The lowest BCUT2D eigenvalue weighted by atomic mass is 10.8. The molecule has 0 aliphatic rings. The van der Waals surface area contributed by atoms with E-state index in [4.69, 9.17) is 10.8 Å². The number of hydrogen-bond donors (Lipinski definition) is 3. The number of carboxylic acid groups (broad SMARTS) is 1. The quantitative estimate of drug-likeness (QED) is 0.477. The number of nitrogens with two attached hydrogens (primary N) is 1. The minimum atomic E-state index is -3.71. The molecule has 10 heavy (non-hydrogen) atoms. The predicted molar refractivity (Wildman–Crippen MR) is 34.0 cm³/mol. The summed E-state index contributed by atoms with van der Waals surface area (Å²) in [7, 11) is -3.71. The first-order valence-electron chi connectivity index (χ1n) is 2.41. The third-order valence-corrected chi connectivity index (χ3v) is 1.89. The molecule has 0 aromatic rings. The van der Waals surface area contributed by atoms with E-state index in [1.165, 1.54) is 4.72 Å². The van der Waals surface area contributed by atoms with Gasteiger partial charge in [0.25, 0.3) is 0 Å². The molecular weight excluding hydrogens is 160 g/mol. The van der Waals surface area contributed by atoms with Crippen LogP contribution in [0.5, 0.6) is 0 Å². The molecule has 0 fully saturated rings. The Morgan fingerprint density at radius 2 is 2.10 bits per heavy atom. The van der Waals surface area contributed by atoms with Crippen molar-refractivity contribution in [2.75, 3.05) is 12.3 Å². The van der Waals surface area contributed by atoms with Crippen LogP contribution in [0.4, 0.5) is 4.79 Å². The first-order chi connectivity index (χ1) is 4.48. The van der Waals surface area contributed by atoms with Crippen LogP contribution in [0, 0.1) is 0 Å². The molecule has 1 amide bonds. The lowest BCUT2D eigenvalue weighted by Crippen LogP contribution is -2.33. The van der Waals surface area contributed by atoms with E-state index in [0.717, 1.165) is 0 Å². The highest BCUT2D eigenvalue weighted by Gasteiger charge is 2.10. The second-order valence-electron chi connectivity index (χ2n) is 1.51. The summed E-state index contributed by atoms with van der Waals surface area (Å²) < 4.78 is 22.3. The fraction of sp³-hybridized carbons (Fsp3) is 0.667. The second-order valence-corrected chi connectivity index (χ2v) is 3.36. The van der Waals surface area contributed by atoms with E-state index in [1.54, 1.807) is 0 Å². The molecule has 60 valence electrons. The van der Waals surface area contributed by atoms with Crippen LogP contribution in [0.3, 0.4) is 0 Å². The summed E-state index contributed by atoms with van der Waals surface area (Å²) >= 11 is 0. The Morgan fingerprint density at radius 1 is 1.60 bits per heavy atom. The Hall–Kier alpha value is -0.820. The zero-order valence-electron chi connectivity index (χ0n) is 5.07. The third-order valence-electron chi connectivity index (χ3n) is 0.629. The molecule has 0 unspecified atom stereocenters. The van der Waals surface area contributed by atoms with Gasteiger partial charge in [0.05, 0.1) is 5.75 Å². The predicted octanol–water partition coefficient (Wildman–Crippen LogP) is -1.46. The third kappa shape index (κ3) is 4.10. The highest BCUT2D eigenvalue weighted by Crippen LogP contribution is 1.79. The minimum Gasteiger partial charge on any atom is -0.464 e. The van der Waals surface area contributed by atoms with Crippen molar-refractivity contribution in [2.45, 2.75) is 0 Å². The van der Waals surface area contributed by atoms with Crippen LogP contribution in [0.25, 0.3) is 0 Å². The molecule has 0 heterocycles. The van der Waals surface area contributed by atoms with E-state index in [2.05, 4.69) is 0 Å². The molecule has 0 saturated heterocycles. The van der Waals surface area contributed by atoms with Crippen LogP contribution >= 0.6 is 0 Å². The summed E-state index contributed by atoms with van der Waals surface area (Å²) in [6, 6.07) is 0. The van der Waals surface area contributed by atoms with Gasteiger partial charge in [-0.1, -0.05) is 0 Å². The number of amides is 1. The van der Waals surface area contributed by atoms with Crippen molar-refractivity contribution in [3.8, 4) is 0 Å². The van der Waals surface area contributed by atoms with E-state index < -0.39 is 16.1 Å². The van der Waals surface area contributed by atoms with Gasteiger partial charge in [0.15, 0.2) is 0 Å². The molecule has 0 aromatic heterocycles. The van der Waals surface area contributed by atoms with Gasteiger partial charge in [-0.25, -0.2) is 17.9 Å². The lowest BCUT2D eigenvalue weighted by molar-refractivity contribution is 0.201. The van der Waals surface area contributed by atoms with E-state index in [-0.39, 0.29) is 12.3 Å². The van der Waals surface area contributed by atoms with Gasteiger partial charge in [-0.3, -0.25) is 0 Å². The van der Waals surface area contributed by atoms with E-state index in [1.807, 2.05) is 0 Å². The highest BCUT2D eigenvalue weighted by atomic mass is 32.2. The Morgan fingerprint density at radius 3 is 2.40 bits per heavy atom. The molecular formula is C3H8N2O4S. The average Bonchev–Trinajstić information content (AvgIpc) is 1.59. The number of nitrogens with one attached hydrogen (secondary N) is 1. The minimum absolute atomic E-state index is 0.0946. The van der Waals surface area contributed by atoms with Crippen LogP contribution in [-0.4, -0.2) is 31.9 Å². The molecule has 0 bridgehead atoms. The highest BCUT2D eigenvalue weighted by molar-refractivity contribution is 7.90. The summed E-state index contributed by atoms with van der Waals surface area (Å²) in [6.07, 6.45) is -1.59. The summed E-state index contributed by atoms with van der Waals surface area (Å²) in [4.78, 5) is 9.76. The van der Waals surface area contributed by atoms with Crippen LogP contribution in [-0.2, 0) is 10.0 Å². The van der Waals surface area contributed by atoms with Gasteiger partial charge in [-0.05, 0) is 0 Å². The maximum Gasteiger partial charge on any atom is 0.418 e. The van der Waals surface area contributed by atoms with Crippen molar-refractivity contribution in [1.82, 2.24) is 4.72 Å². The summed E-state index contributed by atoms with van der Waals surface area (Å²) in [5.41, 5.74) is 4.88. The lowest BCUT2D eigenvalue weighted by Gasteiger charge is -1.98. The standard InChI is InChI=1S/C3H8N2O4S/c4-1-2-10(8,9)5-3(6)7/h5H,1-2,4H2,(H,6,7). The largest absolute Gasteiger partial charge is 0.464 e. The molecule has 0 radical (unpaired) electrons. The van der Waals surface area contributed by atoms with Gasteiger partial charge in [0.2, 0.25) is 10.0 Å². The zero-order chi connectivity index (χ0) is 8.20. The Balaban J connectivity index is 4.02. The van der Waals surface area contributed by atoms with Crippen molar-refractivity contribution in [1.29, 1.82) is 0 Å². The summed E-state index contributed by atoms with van der Waals surface area (Å²) in [6.45, 7) is -0.0946. The van der Waals surface area contributed by atoms with Gasteiger partial charge in [0, 0.05) is 6.54 Å². The number of rotatable bonds is 3. The van der Waals surface area contributed by atoms with Crippen molar-refractivity contribution in [2.24, 2.45) is 5.73 Å². The van der Waals surface area contributed by atoms with E-state index >= 15 is 0 Å². The van der Waals surface area contributed by atoms with Crippen LogP contribution in [0.1, 0.15) is 0 Å². The Bertz CT molecular complexity index is 209. The van der Waals surface area contributed by atoms with Crippen molar-refractivity contribution < 1.29 is 18.3 Å². The fourth-order valence-corrected chi connectivity index (χ4v) is 1.02. The smallest absolute Gasteiger partial charge is 0.418 e. The van der Waals surface area contributed by atoms with E-state index in [9.17, 15) is 13.2 Å². The van der Waals surface area contributed by atoms with Gasteiger partial charge in [0.1, 0.15) is 0 Å². The summed E-state index contributed by atoms with van der Waals surface area (Å²) in [5, 5.41) is 7.94. The maximum atomic E-state index is 10.5. The zero-order valence-corrected chi connectivity index (χ0v) is 5.89. The van der Waals surface area contributed by atoms with Crippen LogP contribution in [0.2, 0.25) is 0 Å². The maximum absolute atomic E-state index is 10.5. The molecule has 0 saturated carbocycles. The first-order valence-corrected chi connectivity index (χ1v) is 4.06. The van der Waals surface area contributed by atoms with Gasteiger partial charge in [-0.2, -0.15) is 0 Å². The van der Waals surface area contributed by atoms with Crippen LogP contribution < -0.4 is 10.5 Å². The Kier molecular flexibility index (Phi) is 3.10. The SMILES string of the molecule is NCCS(=O)(=O)NC(=O)O. The topological polar surface area (TPSA) is 109 Å². The number of hydrogen-bond acceptors (Lipinski definition) is 4. The first kappa shape index (κ1) is 9.18. The molecule has 0 rings (SSSR count). The fourth-order valence-electron chi connectivity index (χ4n) is 0.339. The van der Waals surface area contributed by atoms with Crippen LogP contribution in [0.15, 0.2) is 0 Å². The summed E-state index contributed by atoms with van der Waals surface area (Å²) in [5.74, 6) is -0.376. The molecule has 4 N–H and O–H groups in total. The van der Waals surface area contributed by atoms with Crippen molar-refractivity contribution in [3.05, 3.63) is 0 Å². The average molecular weight is 168 g/mol. The number of carbonyl (C=O) groups is 1.